The summed E-state index contributed by atoms with van der Waals surface area (Å²) in [5, 5.41) is 18.0. The van der Waals surface area contributed by atoms with Gasteiger partial charge in [0.1, 0.15) is 11.9 Å². The second-order valence-corrected chi connectivity index (χ2v) is 7.21. The van der Waals surface area contributed by atoms with E-state index in [1.165, 1.54) is 35.4 Å². The van der Waals surface area contributed by atoms with E-state index in [-0.39, 0.29) is 19.0 Å². The summed E-state index contributed by atoms with van der Waals surface area (Å²) < 4.78 is 20.3. The van der Waals surface area contributed by atoms with Crippen LogP contribution < -0.4 is 10.2 Å². The molecule has 2 amide bonds. The van der Waals surface area contributed by atoms with Crippen molar-refractivity contribution in [3.05, 3.63) is 52.0 Å². The fourth-order valence-corrected chi connectivity index (χ4v) is 3.91. The third kappa shape index (κ3) is 3.15. The molecule has 0 unspecified atom stereocenters. The van der Waals surface area contributed by atoms with Gasteiger partial charge in [-0.25, -0.2) is 9.18 Å². The van der Waals surface area contributed by atoms with Crippen LogP contribution in [-0.4, -0.2) is 37.4 Å². The van der Waals surface area contributed by atoms with E-state index < -0.39 is 23.6 Å². The number of halogens is 1. The van der Waals surface area contributed by atoms with Crippen molar-refractivity contribution in [2.24, 2.45) is 15.4 Å². The monoisotopic (exact) mass is 401 g/mol. The quantitative estimate of drug-likeness (QED) is 0.834. The van der Waals surface area contributed by atoms with Gasteiger partial charge in [-0.3, -0.25) is 9.69 Å². The van der Waals surface area contributed by atoms with E-state index in [4.69, 9.17) is 4.74 Å². The lowest BCUT2D eigenvalue weighted by Gasteiger charge is -2.22. The highest BCUT2D eigenvalue weighted by molar-refractivity contribution is 7.08. The van der Waals surface area contributed by atoms with Gasteiger partial charge in [-0.05, 0) is 34.2 Å². The Morgan fingerprint density at radius 2 is 2.32 bits per heavy atom. The Bertz CT molecular complexity index is 964. The standard InChI is InChI=1S/C18H16FN5O3S/c1-11(25)20-7-14-8-24(17(26)27-14)13-2-3-15(16(19)6-13)18(10-21-23-22-18)12-4-5-28-9-12/h2-6,9-10,14H,7-8H2,1H3,(H,20,25)/t14-,18+/m0/s1. The molecule has 1 saturated heterocycles. The molecule has 1 aromatic carbocycles. The molecular weight excluding hydrogens is 385 g/mol. The van der Waals surface area contributed by atoms with Gasteiger partial charge < -0.3 is 10.1 Å². The minimum Gasteiger partial charge on any atom is -0.442 e. The highest BCUT2D eigenvalue weighted by Crippen LogP contribution is 2.39. The molecule has 1 aromatic heterocycles. The Labute approximate surface area is 163 Å². The summed E-state index contributed by atoms with van der Waals surface area (Å²) in [5.41, 5.74) is 0.318. The van der Waals surface area contributed by atoms with Crippen LogP contribution in [-0.2, 0) is 15.1 Å². The largest absolute Gasteiger partial charge is 0.442 e. The van der Waals surface area contributed by atoms with Gasteiger partial charge in [-0.2, -0.15) is 11.3 Å². The first-order chi connectivity index (χ1) is 13.5. The van der Waals surface area contributed by atoms with E-state index in [1.807, 2.05) is 16.8 Å². The molecule has 0 aliphatic carbocycles. The zero-order chi connectivity index (χ0) is 19.7. The van der Waals surface area contributed by atoms with Gasteiger partial charge in [0.15, 0.2) is 5.54 Å². The summed E-state index contributed by atoms with van der Waals surface area (Å²) in [6.07, 6.45) is 0.421. The lowest BCUT2D eigenvalue weighted by molar-refractivity contribution is -0.119. The molecule has 0 radical (unpaired) electrons. The number of nitrogens with one attached hydrogen (secondary N) is 1. The Balaban J connectivity index is 1.60. The average molecular weight is 401 g/mol. The average Bonchev–Trinajstić information content (AvgIpc) is 3.41. The summed E-state index contributed by atoms with van der Waals surface area (Å²) in [5.74, 6) is -0.745. The normalized spacial score (nSPS) is 23.3. The Kier molecular flexibility index (Phi) is 4.63. The molecule has 28 heavy (non-hydrogen) atoms. The van der Waals surface area contributed by atoms with Gasteiger partial charge in [0.05, 0.1) is 25.0 Å². The number of ether oxygens (including phenoxy) is 1. The molecule has 2 aromatic rings. The zero-order valence-electron chi connectivity index (χ0n) is 14.8. The van der Waals surface area contributed by atoms with E-state index >= 15 is 4.39 Å². The molecule has 4 rings (SSSR count). The molecular formula is C18H16FN5O3S. The maximum absolute atomic E-state index is 15.1. The first kappa shape index (κ1) is 18.2. The highest BCUT2D eigenvalue weighted by Gasteiger charge is 2.39. The van der Waals surface area contributed by atoms with Crippen LogP contribution in [0.1, 0.15) is 18.1 Å². The van der Waals surface area contributed by atoms with E-state index in [1.54, 1.807) is 12.1 Å². The fourth-order valence-electron chi connectivity index (χ4n) is 3.20. The molecule has 3 heterocycles. The summed E-state index contributed by atoms with van der Waals surface area (Å²) in [6.45, 7) is 1.81. The van der Waals surface area contributed by atoms with Crippen molar-refractivity contribution in [3.63, 3.8) is 0 Å². The second-order valence-electron chi connectivity index (χ2n) is 6.43. The molecule has 10 heteroatoms. The summed E-state index contributed by atoms with van der Waals surface area (Å²) >= 11 is 1.47. The number of hydrogen-bond acceptors (Lipinski definition) is 7. The van der Waals surface area contributed by atoms with Crippen LogP contribution in [0.4, 0.5) is 14.9 Å². The lowest BCUT2D eigenvalue weighted by Crippen LogP contribution is -2.33. The molecule has 2 aliphatic rings. The van der Waals surface area contributed by atoms with Crippen LogP contribution in [0.25, 0.3) is 0 Å². The third-order valence-electron chi connectivity index (χ3n) is 4.59. The van der Waals surface area contributed by atoms with E-state index in [0.717, 1.165) is 5.56 Å². The number of nitrogens with zero attached hydrogens (tertiary/aromatic N) is 4. The number of hydrogen-bond donors (Lipinski definition) is 1. The number of carbonyl (C=O) groups excluding carboxylic acids is 2. The molecule has 0 bridgehead atoms. The molecule has 2 atom stereocenters. The predicted molar refractivity (Wildman–Crippen MR) is 101 cm³/mol. The lowest BCUT2D eigenvalue weighted by atomic mass is 9.86. The van der Waals surface area contributed by atoms with E-state index in [2.05, 4.69) is 20.8 Å². The topological polar surface area (TPSA) is 95.7 Å². The maximum Gasteiger partial charge on any atom is 0.414 e. The van der Waals surface area contributed by atoms with E-state index in [9.17, 15) is 9.59 Å². The van der Waals surface area contributed by atoms with Crippen LogP contribution >= 0.6 is 11.3 Å². The molecule has 1 N–H and O–H groups in total. The molecule has 2 aliphatic heterocycles. The van der Waals surface area contributed by atoms with Gasteiger partial charge in [0.25, 0.3) is 0 Å². The Morgan fingerprint density at radius 1 is 1.46 bits per heavy atom. The van der Waals surface area contributed by atoms with Gasteiger partial charge in [-0.15, -0.1) is 10.2 Å². The summed E-state index contributed by atoms with van der Waals surface area (Å²) in [4.78, 5) is 24.5. The Morgan fingerprint density at radius 3 is 2.96 bits per heavy atom. The number of cyclic esters (lactones) is 1. The van der Waals surface area contributed by atoms with Crippen molar-refractivity contribution in [2.45, 2.75) is 18.6 Å². The fraction of sp³-hybridized carbons (Fsp3) is 0.278. The van der Waals surface area contributed by atoms with Crippen molar-refractivity contribution in [3.8, 4) is 0 Å². The minimum atomic E-state index is -1.11. The van der Waals surface area contributed by atoms with Crippen molar-refractivity contribution in [1.29, 1.82) is 0 Å². The van der Waals surface area contributed by atoms with Gasteiger partial charge in [0, 0.05) is 18.1 Å². The number of amides is 2. The molecule has 0 saturated carbocycles. The second kappa shape index (κ2) is 7.12. The zero-order valence-corrected chi connectivity index (χ0v) is 15.6. The number of rotatable bonds is 5. The van der Waals surface area contributed by atoms with Crippen molar-refractivity contribution >= 4 is 35.2 Å². The van der Waals surface area contributed by atoms with Crippen LogP contribution in [0.5, 0.6) is 0 Å². The molecule has 144 valence electrons. The molecule has 1 fully saturated rings. The van der Waals surface area contributed by atoms with Crippen LogP contribution in [0.15, 0.2) is 50.5 Å². The number of anilines is 1. The van der Waals surface area contributed by atoms with Crippen LogP contribution in [0, 0.1) is 5.82 Å². The van der Waals surface area contributed by atoms with Crippen LogP contribution in [0.2, 0.25) is 0 Å². The number of benzene rings is 1. The van der Waals surface area contributed by atoms with Gasteiger partial charge >= 0.3 is 6.09 Å². The van der Waals surface area contributed by atoms with E-state index in [0.29, 0.717) is 11.3 Å². The summed E-state index contributed by atoms with van der Waals surface area (Å²) in [7, 11) is 0. The van der Waals surface area contributed by atoms with Crippen molar-refractivity contribution < 1.29 is 18.7 Å². The SMILES string of the molecule is CC(=O)NC[C@H]1CN(c2ccc([C@]3(c4ccsc4)C=NN=N3)c(F)c2)C(=O)O1. The first-order valence-corrected chi connectivity index (χ1v) is 9.45. The third-order valence-corrected chi connectivity index (χ3v) is 5.27. The van der Waals surface area contributed by atoms with Crippen molar-refractivity contribution in [2.75, 3.05) is 18.0 Å². The number of carbonyl (C=O) groups is 2. The number of thiophene rings is 1. The van der Waals surface area contributed by atoms with Crippen molar-refractivity contribution in [1.82, 2.24) is 5.32 Å². The maximum atomic E-state index is 15.1. The van der Waals surface area contributed by atoms with Gasteiger partial charge in [-0.1, -0.05) is 6.07 Å². The predicted octanol–water partition coefficient (Wildman–Crippen LogP) is 3.04. The minimum absolute atomic E-state index is 0.205. The summed E-state index contributed by atoms with van der Waals surface area (Å²) in [6, 6.07) is 6.33. The highest BCUT2D eigenvalue weighted by atomic mass is 32.1. The smallest absolute Gasteiger partial charge is 0.414 e. The molecule has 8 nitrogen and oxygen atoms in total. The van der Waals surface area contributed by atoms with Gasteiger partial charge in [0.2, 0.25) is 5.91 Å². The Hall–Kier alpha value is -3.14. The van der Waals surface area contributed by atoms with Crippen LogP contribution in [0.3, 0.4) is 0 Å². The molecule has 0 spiro atoms. The first-order valence-electron chi connectivity index (χ1n) is 8.51.